The van der Waals surface area contributed by atoms with Gasteiger partial charge >= 0.3 is 0 Å². The number of anilines is 1. The molecule has 1 aliphatic rings. The van der Waals surface area contributed by atoms with E-state index in [9.17, 15) is 9.59 Å². The normalized spacial score (nSPS) is 16.0. The molecule has 152 valence electrons. The van der Waals surface area contributed by atoms with E-state index in [1.54, 1.807) is 53.4 Å². The van der Waals surface area contributed by atoms with E-state index in [4.69, 9.17) is 16.8 Å². The molecule has 30 heavy (non-hydrogen) atoms. The third-order valence-electron chi connectivity index (χ3n) is 4.47. The van der Waals surface area contributed by atoms with Crippen molar-refractivity contribution >= 4 is 62.9 Å². The monoisotopic (exact) mass is 438 g/mol. The first-order valence-electron chi connectivity index (χ1n) is 9.15. The highest BCUT2D eigenvalue weighted by molar-refractivity contribution is 8.26. The van der Waals surface area contributed by atoms with Crippen LogP contribution in [0.25, 0.3) is 17.1 Å². The number of aromatic nitrogens is 2. The van der Waals surface area contributed by atoms with E-state index < -0.39 is 0 Å². The number of benzene rings is 2. The Morgan fingerprint density at radius 1 is 1.17 bits per heavy atom. The van der Waals surface area contributed by atoms with Crippen molar-refractivity contribution in [2.45, 2.75) is 26.3 Å². The number of carbonyl (C=O) groups excluding carboxylic acids is 2. The Hall–Kier alpha value is -3.04. The van der Waals surface area contributed by atoms with Crippen molar-refractivity contribution < 1.29 is 14.2 Å². The highest BCUT2D eigenvalue weighted by atomic mass is 32.2. The van der Waals surface area contributed by atoms with Gasteiger partial charge in [-0.25, -0.2) is 4.63 Å². The largest absolute Gasteiger partial charge is 0.320 e. The lowest BCUT2D eigenvalue weighted by Crippen LogP contribution is -2.44. The highest BCUT2D eigenvalue weighted by Crippen LogP contribution is 2.36. The number of nitrogens with zero attached hydrogens (tertiary/aromatic N) is 3. The number of nitrogens with one attached hydrogen (secondary N) is 1. The molecule has 1 aromatic heterocycles. The second kappa shape index (κ2) is 7.66. The van der Waals surface area contributed by atoms with Crippen LogP contribution in [0, 0.1) is 0 Å². The van der Waals surface area contributed by atoms with Gasteiger partial charge in [-0.3, -0.25) is 14.5 Å². The van der Waals surface area contributed by atoms with E-state index in [-0.39, 0.29) is 17.4 Å². The van der Waals surface area contributed by atoms with Crippen LogP contribution in [0.4, 0.5) is 5.69 Å². The summed E-state index contributed by atoms with van der Waals surface area (Å²) < 4.78 is 5.26. The fraction of sp³-hybridized carbons (Fsp3) is 0.190. The Bertz CT molecular complexity index is 1190. The van der Waals surface area contributed by atoms with Crippen LogP contribution in [0.5, 0.6) is 0 Å². The maximum Gasteiger partial charge on any atom is 0.266 e. The van der Waals surface area contributed by atoms with E-state index >= 15 is 0 Å². The lowest BCUT2D eigenvalue weighted by molar-refractivity contribution is -0.125. The molecule has 1 fully saturated rings. The minimum absolute atomic E-state index is 0.103. The number of thioether (sulfide) groups is 1. The summed E-state index contributed by atoms with van der Waals surface area (Å²) in [6, 6.07) is 12.2. The van der Waals surface area contributed by atoms with Gasteiger partial charge in [-0.15, -0.1) is 0 Å². The fourth-order valence-corrected chi connectivity index (χ4v) is 4.67. The Morgan fingerprint density at radius 3 is 2.57 bits per heavy atom. The summed E-state index contributed by atoms with van der Waals surface area (Å²) in [6.07, 6.45) is 1.79. The van der Waals surface area contributed by atoms with Gasteiger partial charge in [-0.2, -0.15) is 0 Å². The Balaban J connectivity index is 1.51. The van der Waals surface area contributed by atoms with E-state index in [0.29, 0.717) is 31.5 Å². The van der Waals surface area contributed by atoms with Gasteiger partial charge in [0.05, 0.1) is 10.6 Å². The van der Waals surface area contributed by atoms with Gasteiger partial charge < -0.3 is 5.32 Å². The van der Waals surface area contributed by atoms with E-state index in [1.165, 1.54) is 11.8 Å². The van der Waals surface area contributed by atoms with Gasteiger partial charge in [0.2, 0.25) is 0 Å². The summed E-state index contributed by atoms with van der Waals surface area (Å²) in [5.41, 5.74) is 2.49. The van der Waals surface area contributed by atoms with Crippen molar-refractivity contribution in [1.82, 2.24) is 15.2 Å². The molecule has 7 nitrogen and oxygen atoms in total. The first-order valence-corrected chi connectivity index (χ1v) is 10.4. The van der Waals surface area contributed by atoms with Crippen molar-refractivity contribution in [3.63, 3.8) is 0 Å². The zero-order valence-corrected chi connectivity index (χ0v) is 18.1. The molecular weight excluding hydrogens is 420 g/mol. The van der Waals surface area contributed by atoms with Crippen LogP contribution in [0.1, 0.15) is 36.7 Å². The minimum atomic E-state index is -0.374. The average Bonchev–Trinajstić information content (AvgIpc) is 3.27. The molecule has 2 aromatic carbocycles. The second-order valence-corrected chi connectivity index (χ2v) is 9.38. The minimum Gasteiger partial charge on any atom is -0.320 e. The number of hydrogen-bond acceptors (Lipinski definition) is 7. The molecule has 0 bridgehead atoms. The Labute approximate surface area is 182 Å². The molecule has 3 aromatic rings. The van der Waals surface area contributed by atoms with Gasteiger partial charge in [0.25, 0.3) is 11.8 Å². The number of fused-ring (bicyclic) bond motifs is 1. The van der Waals surface area contributed by atoms with Crippen molar-refractivity contribution in [3.8, 4) is 0 Å². The molecule has 4 rings (SSSR count). The van der Waals surface area contributed by atoms with E-state index in [2.05, 4.69) is 15.6 Å². The third-order valence-corrected chi connectivity index (χ3v) is 5.77. The molecule has 0 atom stereocenters. The maximum atomic E-state index is 12.7. The summed E-state index contributed by atoms with van der Waals surface area (Å²) >= 11 is 6.65. The van der Waals surface area contributed by atoms with E-state index in [0.717, 1.165) is 5.56 Å². The molecule has 2 amide bonds. The molecule has 0 spiro atoms. The van der Waals surface area contributed by atoms with Crippen molar-refractivity contribution in [2.24, 2.45) is 0 Å². The van der Waals surface area contributed by atoms with E-state index in [1.807, 2.05) is 20.8 Å². The van der Waals surface area contributed by atoms with Crippen molar-refractivity contribution in [3.05, 3.63) is 58.5 Å². The zero-order chi connectivity index (χ0) is 21.5. The molecule has 0 unspecified atom stereocenters. The molecule has 2 heterocycles. The van der Waals surface area contributed by atoms with Crippen LogP contribution in [0.15, 0.2) is 52.0 Å². The average molecular weight is 439 g/mol. The fourth-order valence-electron chi connectivity index (χ4n) is 3.03. The number of amides is 2. The summed E-state index contributed by atoms with van der Waals surface area (Å²) in [6.45, 7) is 5.84. The van der Waals surface area contributed by atoms with Crippen LogP contribution < -0.4 is 5.32 Å². The predicted octanol–water partition coefficient (Wildman–Crippen LogP) is 4.47. The molecule has 1 saturated heterocycles. The topological polar surface area (TPSA) is 88.3 Å². The van der Waals surface area contributed by atoms with Crippen LogP contribution >= 0.6 is 24.0 Å². The molecular formula is C21H18N4O3S2. The number of rotatable bonds is 3. The quantitative estimate of drug-likeness (QED) is 0.477. The predicted molar refractivity (Wildman–Crippen MR) is 121 cm³/mol. The van der Waals surface area contributed by atoms with Crippen molar-refractivity contribution in [2.75, 3.05) is 5.32 Å². The molecule has 0 aliphatic carbocycles. The van der Waals surface area contributed by atoms with Gasteiger partial charge in [-0.05, 0) is 67.0 Å². The van der Waals surface area contributed by atoms with Gasteiger partial charge in [-0.1, -0.05) is 42.2 Å². The number of carbonyl (C=O) groups is 2. The van der Waals surface area contributed by atoms with Crippen LogP contribution in [-0.2, 0) is 4.79 Å². The Morgan fingerprint density at radius 2 is 1.90 bits per heavy atom. The van der Waals surface area contributed by atoms with Gasteiger partial charge in [0, 0.05) is 11.1 Å². The smallest absolute Gasteiger partial charge is 0.266 e. The zero-order valence-electron chi connectivity index (χ0n) is 16.5. The molecule has 1 aliphatic heterocycles. The van der Waals surface area contributed by atoms with Gasteiger partial charge in [0.15, 0.2) is 5.52 Å². The molecule has 1 N–H and O–H groups in total. The highest BCUT2D eigenvalue weighted by Gasteiger charge is 2.38. The molecule has 9 heteroatoms. The molecule has 0 radical (unpaired) electrons. The van der Waals surface area contributed by atoms with Crippen molar-refractivity contribution in [1.29, 1.82) is 0 Å². The Kier molecular flexibility index (Phi) is 5.17. The SMILES string of the molecule is CC(C)(C)N1C(=O)C(=Cc2ccc(C(=O)Nc3cccc4nonc34)cc2)SC1=S. The summed E-state index contributed by atoms with van der Waals surface area (Å²) in [7, 11) is 0. The summed E-state index contributed by atoms with van der Waals surface area (Å²) in [5.74, 6) is -0.384. The second-order valence-electron chi connectivity index (χ2n) is 7.70. The van der Waals surface area contributed by atoms with Crippen LogP contribution in [0.3, 0.4) is 0 Å². The standard InChI is InChI=1S/C21H18N4O3S2/c1-21(2,3)25-19(27)16(30-20(25)29)11-12-7-9-13(10-8-12)18(26)22-14-5-4-6-15-17(14)24-28-23-15/h4-11H,1-3H3,(H,22,26). The maximum absolute atomic E-state index is 12.7. The summed E-state index contributed by atoms with van der Waals surface area (Å²) in [4.78, 5) is 27.5. The van der Waals surface area contributed by atoms with Crippen LogP contribution in [0.2, 0.25) is 0 Å². The van der Waals surface area contributed by atoms with Gasteiger partial charge in [0.1, 0.15) is 9.84 Å². The third kappa shape index (κ3) is 3.86. The first-order chi connectivity index (χ1) is 14.2. The van der Waals surface area contributed by atoms with Crippen LogP contribution in [-0.4, -0.2) is 36.9 Å². The number of thiocarbonyl (C=S) groups is 1. The summed E-state index contributed by atoms with van der Waals surface area (Å²) in [5, 5.41) is 10.4. The number of hydrogen-bond donors (Lipinski definition) is 1. The first kappa shape index (κ1) is 20.2. The molecule has 0 saturated carbocycles. The lowest BCUT2D eigenvalue weighted by atomic mass is 10.1. The lowest BCUT2D eigenvalue weighted by Gasteiger charge is -2.30.